The monoisotopic (exact) mass is 248 g/mol. The molecule has 2 rings (SSSR count). The Morgan fingerprint density at radius 3 is 2.61 bits per heavy atom. The summed E-state index contributed by atoms with van der Waals surface area (Å²) in [6, 6.07) is 8.06. The van der Waals surface area contributed by atoms with E-state index in [1.165, 1.54) is 5.56 Å². The van der Waals surface area contributed by atoms with Crippen molar-refractivity contribution >= 4 is 6.41 Å². The second kappa shape index (κ2) is 6.40. The van der Waals surface area contributed by atoms with Crippen molar-refractivity contribution in [2.75, 3.05) is 39.3 Å². The summed E-state index contributed by atoms with van der Waals surface area (Å²) in [5.74, 6) is 0.962. The zero-order chi connectivity index (χ0) is 12.8. The lowest BCUT2D eigenvalue weighted by molar-refractivity contribution is -0.119. The van der Waals surface area contributed by atoms with Gasteiger partial charge in [-0.1, -0.05) is 18.2 Å². The zero-order valence-electron chi connectivity index (χ0n) is 10.8. The van der Waals surface area contributed by atoms with E-state index in [9.17, 15) is 4.79 Å². The second-order valence-corrected chi connectivity index (χ2v) is 4.60. The van der Waals surface area contributed by atoms with Crippen LogP contribution in [-0.2, 0) is 4.79 Å². The van der Waals surface area contributed by atoms with Gasteiger partial charge in [-0.3, -0.25) is 9.69 Å². The Bertz CT molecular complexity index is 387. The van der Waals surface area contributed by atoms with Gasteiger partial charge in [-0.25, -0.2) is 0 Å². The van der Waals surface area contributed by atoms with Crippen molar-refractivity contribution in [3.05, 3.63) is 29.8 Å². The number of nitrogens with zero attached hydrogens (tertiary/aromatic N) is 2. The molecule has 4 heteroatoms. The molecule has 1 amide bonds. The van der Waals surface area contributed by atoms with Crippen molar-refractivity contribution in [1.29, 1.82) is 0 Å². The van der Waals surface area contributed by atoms with Gasteiger partial charge < -0.3 is 9.64 Å². The van der Waals surface area contributed by atoms with Gasteiger partial charge in [-0.2, -0.15) is 0 Å². The van der Waals surface area contributed by atoms with Crippen LogP contribution in [0, 0.1) is 6.92 Å². The van der Waals surface area contributed by atoms with Gasteiger partial charge in [0.2, 0.25) is 6.41 Å². The number of piperazine rings is 1. The molecule has 1 aliphatic heterocycles. The predicted molar refractivity (Wildman–Crippen MR) is 70.8 cm³/mol. The van der Waals surface area contributed by atoms with Gasteiger partial charge in [0, 0.05) is 32.7 Å². The standard InChI is InChI=1S/C14H20N2O2/c1-13-4-2-3-5-14(13)18-11-10-15-6-8-16(12-17)9-7-15/h2-5,12H,6-11H2,1H3. The normalized spacial score (nSPS) is 16.6. The molecule has 1 saturated heterocycles. The third kappa shape index (κ3) is 3.47. The Kier molecular flexibility index (Phi) is 4.59. The van der Waals surface area contributed by atoms with E-state index in [-0.39, 0.29) is 0 Å². The maximum Gasteiger partial charge on any atom is 0.209 e. The van der Waals surface area contributed by atoms with Gasteiger partial charge in [0.05, 0.1) is 0 Å². The highest BCUT2D eigenvalue weighted by atomic mass is 16.5. The van der Waals surface area contributed by atoms with Gasteiger partial charge >= 0.3 is 0 Å². The van der Waals surface area contributed by atoms with E-state index in [2.05, 4.69) is 17.9 Å². The van der Waals surface area contributed by atoms with Crippen molar-refractivity contribution in [3.63, 3.8) is 0 Å². The highest BCUT2D eigenvalue weighted by molar-refractivity contribution is 5.47. The zero-order valence-corrected chi connectivity index (χ0v) is 10.8. The molecule has 4 nitrogen and oxygen atoms in total. The fraction of sp³-hybridized carbons (Fsp3) is 0.500. The molecule has 98 valence electrons. The number of ether oxygens (including phenoxy) is 1. The largest absolute Gasteiger partial charge is 0.492 e. The average molecular weight is 248 g/mol. The molecular formula is C14H20N2O2. The lowest BCUT2D eigenvalue weighted by atomic mass is 10.2. The molecule has 0 aromatic heterocycles. The van der Waals surface area contributed by atoms with Gasteiger partial charge in [-0.15, -0.1) is 0 Å². The molecule has 1 aromatic rings. The number of hydrogen-bond donors (Lipinski definition) is 0. The molecule has 0 atom stereocenters. The minimum absolute atomic E-state index is 0.700. The van der Waals surface area contributed by atoms with Crippen LogP contribution in [0.2, 0.25) is 0 Å². The first-order chi connectivity index (χ1) is 8.79. The van der Waals surface area contributed by atoms with Crippen molar-refractivity contribution in [2.45, 2.75) is 6.92 Å². The van der Waals surface area contributed by atoms with Gasteiger partial charge in [-0.05, 0) is 18.6 Å². The van der Waals surface area contributed by atoms with Crippen LogP contribution in [0.1, 0.15) is 5.56 Å². The smallest absolute Gasteiger partial charge is 0.209 e. The SMILES string of the molecule is Cc1ccccc1OCCN1CCN(C=O)CC1. The van der Waals surface area contributed by atoms with E-state index in [1.807, 2.05) is 23.1 Å². The molecule has 0 spiro atoms. The first kappa shape index (κ1) is 12.9. The lowest BCUT2D eigenvalue weighted by Gasteiger charge is -2.32. The van der Waals surface area contributed by atoms with Crippen LogP contribution in [0.3, 0.4) is 0 Å². The highest BCUT2D eigenvalue weighted by Crippen LogP contribution is 2.15. The van der Waals surface area contributed by atoms with Crippen LogP contribution in [0.4, 0.5) is 0 Å². The topological polar surface area (TPSA) is 32.8 Å². The molecular weight excluding hydrogens is 228 g/mol. The number of hydrogen-bond acceptors (Lipinski definition) is 3. The quantitative estimate of drug-likeness (QED) is 0.733. The number of carbonyl (C=O) groups excluding carboxylic acids is 1. The molecule has 0 saturated carbocycles. The summed E-state index contributed by atoms with van der Waals surface area (Å²) >= 11 is 0. The molecule has 0 bridgehead atoms. The summed E-state index contributed by atoms with van der Waals surface area (Å²) in [5, 5.41) is 0. The van der Waals surface area contributed by atoms with Crippen LogP contribution >= 0.6 is 0 Å². The van der Waals surface area contributed by atoms with Gasteiger partial charge in [0.25, 0.3) is 0 Å². The molecule has 0 unspecified atom stereocenters. The van der Waals surface area contributed by atoms with Crippen LogP contribution in [0.25, 0.3) is 0 Å². The van der Waals surface area contributed by atoms with Crippen LogP contribution in [-0.4, -0.2) is 55.5 Å². The molecule has 0 N–H and O–H groups in total. The van der Waals surface area contributed by atoms with E-state index >= 15 is 0 Å². The average Bonchev–Trinajstić information content (AvgIpc) is 2.42. The number of para-hydroxylation sites is 1. The van der Waals surface area contributed by atoms with E-state index in [0.717, 1.165) is 44.9 Å². The summed E-state index contributed by atoms with van der Waals surface area (Å²) in [4.78, 5) is 14.7. The second-order valence-electron chi connectivity index (χ2n) is 4.60. The first-order valence-electron chi connectivity index (χ1n) is 6.40. The van der Waals surface area contributed by atoms with E-state index < -0.39 is 0 Å². The van der Waals surface area contributed by atoms with Gasteiger partial charge in [0.1, 0.15) is 12.4 Å². The van der Waals surface area contributed by atoms with Crippen molar-refractivity contribution in [3.8, 4) is 5.75 Å². The summed E-state index contributed by atoms with van der Waals surface area (Å²) in [6.07, 6.45) is 0.932. The van der Waals surface area contributed by atoms with E-state index in [4.69, 9.17) is 4.74 Å². The summed E-state index contributed by atoms with van der Waals surface area (Å²) in [6.45, 7) is 7.21. The van der Waals surface area contributed by atoms with Crippen molar-refractivity contribution < 1.29 is 9.53 Å². The van der Waals surface area contributed by atoms with Crippen LogP contribution in [0.15, 0.2) is 24.3 Å². The maximum atomic E-state index is 10.6. The number of amides is 1. The Morgan fingerprint density at radius 2 is 1.94 bits per heavy atom. The Hall–Kier alpha value is -1.55. The summed E-state index contributed by atoms with van der Waals surface area (Å²) in [5.41, 5.74) is 1.17. The highest BCUT2D eigenvalue weighted by Gasteiger charge is 2.14. The fourth-order valence-corrected chi connectivity index (χ4v) is 2.10. The summed E-state index contributed by atoms with van der Waals surface area (Å²) in [7, 11) is 0. The molecule has 0 aliphatic carbocycles. The molecule has 1 fully saturated rings. The Balaban J connectivity index is 1.70. The number of rotatable bonds is 5. The Labute approximate surface area is 108 Å². The Morgan fingerprint density at radius 1 is 1.22 bits per heavy atom. The number of aryl methyl sites for hydroxylation is 1. The maximum absolute atomic E-state index is 10.6. The summed E-state index contributed by atoms with van der Waals surface area (Å²) < 4.78 is 5.77. The minimum atomic E-state index is 0.700. The van der Waals surface area contributed by atoms with Crippen LogP contribution in [0.5, 0.6) is 5.75 Å². The number of carbonyl (C=O) groups is 1. The molecule has 1 aliphatic rings. The third-order valence-electron chi connectivity index (χ3n) is 3.31. The molecule has 18 heavy (non-hydrogen) atoms. The molecule has 0 radical (unpaired) electrons. The molecule has 1 heterocycles. The van der Waals surface area contributed by atoms with Crippen LogP contribution < -0.4 is 4.74 Å². The first-order valence-corrected chi connectivity index (χ1v) is 6.40. The number of benzene rings is 1. The van der Waals surface area contributed by atoms with Crippen molar-refractivity contribution in [2.24, 2.45) is 0 Å². The third-order valence-corrected chi connectivity index (χ3v) is 3.31. The molecule has 1 aromatic carbocycles. The van der Waals surface area contributed by atoms with Crippen molar-refractivity contribution in [1.82, 2.24) is 9.80 Å². The van der Waals surface area contributed by atoms with E-state index in [1.54, 1.807) is 0 Å². The fourth-order valence-electron chi connectivity index (χ4n) is 2.10. The predicted octanol–water partition coefficient (Wildman–Crippen LogP) is 1.15. The van der Waals surface area contributed by atoms with E-state index in [0.29, 0.717) is 6.61 Å². The van der Waals surface area contributed by atoms with Gasteiger partial charge in [0.15, 0.2) is 0 Å². The lowest BCUT2D eigenvalue weighted by Crippen LogP contribution is -2.46. The minimum Gasteiger partial charge on any atom is -0.492 e.